The highest BCUT2D eigenvalue weighted by Gasteiger charge is 2.52. The number of unbranched alkanes of at least 4 members (excludes halogenated alkanes) is 14. The Labute approximate surface area is 219 Å². The molecule has 7 heteroatoms. The molecule has 3 unspecified atom stereocenters. The second-order valence-electron chi connectivity index (χ2n) is 10.4. The van der Waals surface area contributed by atoms with Crippen molar-refractivity contribution in [1.29, 1.82) is 0 Å². The molecule has 0 aromatic heterocycles. The maximum atomic E-state index is 11.8. The van der Waals surface area contributed by atoms with E-state index in [1.165, 1.54) is 85.0 Å². The minimum absolute atomic E-state index is 0.220. The van der Waals surface area contributed by atoms with Gasteiger partial charge in [0.2, 0.25) is 0 Å². The van der Waals surface area contributed by atoms with Crippen molar-refractivity contribution < 1.29 is 34.2 Å². The van der Waals surface area contributed by atoms with Crippen molar-refractivity contribution in [2.45, 2.75) is 149 Å². The molecule has 0 radical (unpaired) electrons. The molecular formula is C29H54NO6+. The van der Waals surface area contributed by atoms with Crippen molar-refractivity contribution in [3.05, 3.63) is 12.2 Å². The number of aliphatic carboxylic acids is 3. The first-order valence-corrected chi connectivity index (χ1v) is 14.3. The van der Waals surface area contributed by atoms with Crippen LogP contribution in [0.3, 0.4) is 0 Å². The highest BCUT2D eigenvalue weighted by Crippen LogP contribution is 2.27. The topological polar surface area (TPSA) is 112 Å². The Balaban J connectivity index is 4.23. The average molecular weight is 513 g/mol. The number of carbonyl (C=O) groups is 3. The van der Waals surface area contributed by atoms with Crippen LogP contribution in [0.25, 0.3) is 0 Å². The van der Waals surface area contributed by atoms with Crippen molar-refractivity contribution in [2.75, 3.05) is 6.54 Å². The predicted molar refractivity (Wildman–Crippen MR) is 145 cm³/mol. The van der Waals surface area contributed by atoms with Crippen molar-refractivity contribution in [3.8, 4) is 0 Å². The third-order valence-corrected chi connectivity index (χ3v) is 7.79. The van der Waals surface area contributed by atoms with Crippen molar-refractivity contribution in [2.24, 2.45) is 0 Å². The summed E-state index contributed by atoms with van der Waals surface area (Å²) >= 11 is 0. The van der Waals surface area contributed by atoms with Gasteiger partial charge < -0.3 is 15.3 Å². The van der Waals surface area contributed by atoms with Crippen LogP contribution in [0.15, 0.2) is 12.2 Å². The van der Waals surface area contributed by atoms with Gasteiger partial charge in [-0.15, -0.1) is 0 Å². The Kier molecular flexibility index (Phi) is 19.1. The van der Waals surface area contributed by atoms with Gasteiger partial charge in [0.05, 0.1) is 6.54 Å². The Morgan fingerprint density at radius 3 is 1.19 bits per heavy atom. The smallest absolute Gasteiger partial charge is 0.362 e. The largest absolute Gasteiger partial charge is 0.477 e. The van der Waals surface area contributed by atoms with Gasteiger partial charge in [-0.2, -0.15) is 0 Å². The highest BCUT2D eigenvalue weighted by molar-refractivity contribution is 5.77. The molecule has 0 aliphatic carbocycles. The van der Waals surface area contributed by atoms with Gasteiger partial charge in [-0.1, -0.05) is 83.3 Å². The lowest BCUT2D eigenvalue weighted by Crippen LogP contribution is -2.70. The van der Waals surface area contributed by atoms with Crippen LogP contribution in [0.4, 0.5) is 0 Å². The number of carboxylic acids is 3. The molecule has 7 nitrogen and oxygen atoms in total. The van der Waals surface area contributed by atoms with Crippen molar-refractivity contribution in [1.82, 2.24) is 0 Å². The monoisotopic (exact) mass is 512 g/mol. The lowest BCUT2D eigenvalue weighted by molar-refractivity contribution is -0.968. The molecule has 36 heavy (non-hydrogen) atoms. The summed E-state index contributed by atoms with van der Waals surface area (Å²) in [5, 5.41) is 28.9. The standard InChI is InChI=1S/C29H53NO6/c1-5-6-7-8-9-10-11-12-13-14-15-16-17-18-19-20-21-22-23-30(24(2)27(31)32,25(3)28(33)34)26(4)29(35)36/h13-14,24-26H,5-12,15-23H2,1-4H3,(H2-,31,32,33,34,35,36)/p+1/b14-13+. The highest BCUT2D eigenvalue weighted by atomic mass is 16.4. The van der Waals surface area contributed by atoms with Crippen LogP contribution in [0.1, 0.15) is 130 Å². The normalized spacial score (nSPS) is 15.9. The molecule has 0 spiro atoms. The van der Waals surface area contributed by atoms with E-state index in [0.29, 0.717) is 6.42 Å². The Morgan fingerprint density at radius 2 is 0.861 bits per heavy atom. The summed E-state index contributed by atoms with van der Waals surface area (Å²) in [6, 6.07) is -3.37. The molecule has 0 heterocycles. The van der Waals surface area contributed by atoms with Crippen LogP contribution in [0, 0.1) is 0 Å². The minimum Gasteiger partial charge on any atom is -0.477 e. The Morgan fingerprint density at radius 1 is 0.556 bits per heavy atom. The maximum absolute atomic E-state index is 11.8. The van der Waals surface area contributed by atoms with Crippen molar-refractivity contribution in [3.63, 3.8) is 0 Å². The molecule has 0 aromatic rings. The second-order valence-corrected chi connectivity index (χ2v) is 10.4. The summed E-state index contributed by atoms with van der Waals surface area (Å²) in [7, 11) is 0. The summed E-state index contributed by atoms with van der Waals surface area (Å²) in [5.74, 6) is -3.52. The summed E-state index contributed by atoms with van der Waals surface area (Å²) in [4.78, 5) is 35.4. The first-order valence-electron chi connectivity index (χ1n) is 14.3. The molecule has 0 bridgehead atoms. The van der Waals surface area contributed by atoms with Crippen LogP contribution < -0.4 is 0 Å². The first-order chi connectivity index (χ1) is 17.1. The third-order valence-electron chi connectivity index (χ3n) is 7.79. The molecule has 0 rings (SSSR count). The Bertz CT molecular complexity index is 597. The maximum Gasteiger partial charge on any atom is 0.362 e. The van der Waals surface area contributed by atoms with Crippen LogP contribution in [-0.2, 0) is 14.4 Å². The molecule has 0 aliphatic rings. The van der Waals surface area contributed by atoms with E-state index in [4.69, 9.17) is 0 Å². The van der Waals surface area contributed by atoms with E-state index < -0.39 is 40.5 Å². The fourth-order valence-corrected chi connectivity index (χ4v) is 5.19. The zero-order valence-corrected chi connectivity index (χ0v) is 23.4. The molecule has 0 aromatic carbocycles. The Hall–Kier alpha value is -1.89. The van der Waals surface area contributed by atoms with Gasteiger partial charge in [0.25, 0.3) is 0 Å². The van der Waals surface area contributed by atoms with E-state index in [1.54, 1.807) is 0 Å². The van der Waals surface area contributed by atoms with E-state index in [0.717, 1.165) is 32.1 Å². The van der Waals surface area contributed by atoms with Crippen LogP contribution in [0.2, 0.25) is 0 Å². The van der Waals surface area contributed by atoms with E-state index >= 15 is 0 Å². The van der Waals surface area contributed by atoms with Gasteiger partial charge in [0, 0.05) is 0 Å². The van der Waals surface area contributed by atoms with Gasteiger partial charge in [0.1, 0.15) is 0 Å². The van der Waals surface area contributed by atoms with Crippen molar-refractivity contribution >= 4 is 17.9 Å². The zero-order chi connectivity index (χ0) is 27.4. The molecule has 0 saturated carbocycles. The third kappa shape index (κ3) is 12.9. The van der Waals surface area contributed by atoms with Crippen LogP contribution >= 0.6 is 0 Å². The van der Waals surface area contributed by atoms with Crippen LogP contribution in [-0.4, -0.2) is 62.4 Å². The lowest BCUT2D eigenvalue weighted by Gasteiger charge is -2.47. The fraction of sp³-hybridized carbons (Fsp3) is 0.828. The van der Waals surface area contributed by atoms with Gasteiger partial charge in [0.15, 0.2) is 18.1 Å². The minimum atomic E-state index is -1.17. The van der Waals surface area contributed by atoms with Gasteiger partial charge in [-0.05, 0) is 59.3 Å². The number of rotatable bonds is 24. The van der Waals surface area contributed by atoms with E-state index in [1.807, 2.05) is 0 Å². The molecule has 3 N–H and O–H groups in total. The van der Waals surface area contributed by atoms with E-state index in [9.17, 15) is 29.7 Å². The van der Waals surface area contributed by atoms with Gasteiger partial charge in [-0.25, -0.2) is 14.4 Å². The molecule has 0 fully saturated rings. The number of carboxylic acid groups (broad SMARTS) is 3. The molecule has 3 atom stereocenters. The van der Waals surface area contributed by atoms with Gasteiger partial charge >= 0.3 is 17.9 Å². The summed E-state index contributed by atoms with van der Waals surface area (Å²) < 4.78 is -0.481. The van der Waals surface area contributed by atoms with Crippen LogP contribution in [0.5, 0.6) is 0 Å². The molecular weight excluding hydrogens is 458 g/mol. The zero-order valence-electron chi connectivity index (χ0n) is 23.4. The van der Waals surface area contributed by atoms with E-state index in [-0.39, 0.29) is 6.54 Å². The lowest BCUT2D eigenvalue weighted by atomic mass is 10.00. The number of nitrogens with zero attached hydrogens (tertiary/aromatic N) is 1. The molecule has 210 valence electrons. The summed E-state index contributed by atoms with van der Waals surface area (Å²) in [5.41, 5.74) is 0. The summed E-state index contributed by atoms with van der Waals surface area (Å²) in [6.07, 6.45) is 23.4. The first kappa shape index (κ1) is 34.1. The fourth-order valence-electron chi connectivity index (χ4n) is 5.19. The summed E-state index contributed by atoms with van der Waals surface area (Å²) in [6.45, 7) is 6.73. The van der Waals surface area contributed by atoms with Gasteiger partial charge in [-0.3, -0.25) is 4.48 Å². The number of hydrogen-bond donors (Lipinski definition) is 3. The molecule has 0 amide bonds. The van der Waals surface area contributed by atoms with E-state index in [2.05, 4.69) is 19.1 Å². The molecule has 0 saturated heterocycles. The SMILES string of the molecule is CCCCCCCCC/C=C/CCCCCCCCC[N+](C(C)C(=O)O)(C(C)C(=O)O)C(C)C(=O)O. The second kappa shape index (κ2) is 20.2. The number of allylic oxidation sites excluding steroid dienone is 2. The average Bonchev–Trinajstić information content (AvgIpc) is 2.84. The number of quaternary nitrogens is 1. The molecule has 0 aliphatic heterocycles. The quantitative estimate of drug-likeness (QED) is 0.0726. The number of hydrogen-bond acceptors (Lipinski definition) is 3. The predicted octanol–water partition coefficient (Wildman–Crippen LogP) is 7.04.